The van der Waals surface area contributed by atoms with Crippen LogP contribution in [0.25, 0.3) is 0 Å². The highest BCUT2D eigenvalue weighted by molar-refractivity contribution is 7.87. The third-order valence-corrected chi connectivity index (χ3v) is 5.09. The first-order valence-corrected chi connectivity index (χ1v) is 8.13. The summed E-state index contributed by atoms with van der Waals surface area (Å²) in [6.45, 7) is 5.46. The zero-order valence-electron chi connectivity index (χ0n) is 11.6. The van der Waals surface area contributed by atoms with Crippen LogP contribution in [0.1, 0.15) is 30.4 Å². The Labute approximate surface area is 125 Å². The summed E-state index contributed by atoms with van der Waals surface area (Å²) in [4.78, 5) is 13.1. The SMILES string of the molecule is CC(C)(C)OC(=O)c1ccc(S(=O)c2ccccc2)s1. The van der Waals surface area contributed by atoms with Gasteiger partial charge in [-0.2, -0.15) is 0 Å². The zero-order chi connectivity index (χ0) is 14.8. The molecule has 0 aliphatic rings. The number of carbonyl (C=O) groups excluding carboxylic acids is 1. The lowest BCUT2D eigenvalue weighted by Crippen LogP contribution is -2.23. The van der Waals surface area contributed by atoms with Gasteiger partial charge in [-0.1, -0.05) is 18.2 Å². The molecule has 1 heterocycles. The maximum atomic E-state index is 12.3. The Balaban J connectivity index is 2.17. The van der Waals surface area contributed by atoms with E-state index in [-0.39, 0.29) is 5.97 Å². The van der Waals surface area contributed by atoms with Gasteiger partial charge in [-0.15, -0.1) is 11.3 Å². The van der Waals surface area contributed by atoms with Gasteiger partial charge in [0, 0.05) is 4.90 Å². The van der Waals surface area contributed by atoms with Crippen molar-refractivity contribution in [2.24, 2.45) is 0 Å². The summed E-state index contributed by atoms with van der Waals surface area (Å²) in [5.74, 6) is -0.376. The molecule has 0 aliphatic carbocycles. The molecule has 2 rings (SSSR count). The van der Waals surface area contributed by atoms with Crippen LogP contribution in [0.15, 0.2) is 51.6 Å². The third kappa shape index (κ3) is 3.77. The van der Waals surface area contributed by atoms with Gasteiger partial charge in [-0.25, -0.2) is 9.00 Å². The number of thiophene rings is 1. The molecule has 1 aromatic carbocycles. The van der Waals surface area contributed by atoms with Crippen molar-refractivity contribution in [3.63, 3.8) is 0 Å². The van der Waals surface area contributed by atoms with Gasteiger partial charge < -0.3 is 4.74 Å². The lowest BCUT2D eigenvalue weighted by atomic mass is 10.2. The topological polar surface area (TPSA) is 43.4 Å². The summed E-state index contributed by atoms with van der Waals surface area (Å²) in [6.07, 6.45) is 0. The van der Waals surface area contributed by atoms with Crippen molar-refractivity contribution in [1.29, 1.82) is 0 Å². The Morgan fingerprint density at radius 1 is 1.10 bits per heavy atom. The van der Waals surface area contributed by atoms with Crippen LogP contribution in [-0.4, -0.2) is 15.8 Å². The molecule has 0 aliphatic heterocycles. The summed E-state index contributed by atoms with van der Waals surface area (Å²) in [5.41, 5.74) is -0.528. The molecule has 1 atom stereocenters. The number of ether oxygens (including phenoxy) is 1. The van der Waals surface area contributed by atoms with E-state index >= 15 is 0 Å². The minimum atomic E-state index is -1.25. The van der Waals surface area contributed by atoms with Crippen molar-refractivity contribution in [3.8, 4) is 0 Å². The molecular formula is C15H16O3S2. The number of esters is 1. The highest BCUT2D eigenvalue weighted by Crippen LogP contribution is 2.26. The van der Waals surface area contributed by atoms with E-state index in [9.17, 15) is 9.00 Å². The number of benzene rings is 1. The molecule has 1 aromatic heterocycles. The molecule has 0 amide bonds. The van der Waals surface area contributed by atoms with Crippen LogP contribution in [0.5, 0.6) is 0 Å². The van der Waals surface area contributed by atoms with Gasteiger partial charge in [-0.3, -0.25) is 0 Å². The van der Waals surface area contributed by atoms with Crippen molar-refractivity contribution >= 4 is 28.1 Å². The minimum absolute atomic E-state index is 0.376. The number of hydrogen-bond acceptors (Lipinski definition) is 4. The van der Waals surface area contributed by atoms with E-state index in [0.717, 1.165) is 4.90 Å². The first kappa shape index (κ1) is 14.9. The molecule has 106 valence electrons. The molecule has 0 radical (unpaired) electrons. The van der Waals surface area contributed by atoms with E-state index in [0.29, 0.717) is 9.09 Å². The highest BCUT2D eigenvalue weighted by Gasteiger charge is 2.20. The molecule has 5 heteroatoms. The number of rotatable bonds is 3. The molecule has 2 aromatic rings. The fourth-order valence-corrected chi connectivity index (χ4v) is 3.82. The Morgan fingerprint density at radius 3 is 2.35 bits per heavy atom. The highest BCUT2D eigenvalue weighted by atomic mass is 32.2. The molecule has 0 N–H and O–H groups in total. The molecule has 20 heavy (non-hydrogen) atoms. The van der Waals surface area contributed by atoms with Crippen LogP contribution in [0.4, 0.5) is 0 Å². The van der Waals surface area contributed by atoms with Gasteiger partial charge in [0.1, 0.15) is 10.5 Å². The summed E-state index contributed by atoms with van der Waals surface area (Å²) in [6, 6.07) is 12.6. The van der Waals surface area contributed by atoms with Gasteiger partial charge in [0.2, 0.25) is 0 Å². The van der Waals surface area contributed by atoms with Gasteiger partial charge in [-0.05, 0) is 45.0 Å². The molecule has 0 spiro atoms. The normalized spacial score (nSPS) is 12.9. The Morgan fingerprint density at radius 2 is 1.75 bits per heavy atom. The maximum Gasteiger partial charge on any atom is 0.348 e. The first-order valence-electron chi connectivity index (χ1n) is 6.17. The second-order valence-corrected chi connectivity index (χ2v) is 7.99. The van der Waals surface area contributed by atoms with E-state index in [1.807, 2.05) is 51.1 Å². The van der Waals surface area contributed by atoms with Crippen molar-refractivity contribution in [2.45, 2.75) is 35.5 Å². The average Bonchev–Trinajstić information content (AvgIpc) is 2.86. The third-order valence-electron chi connectivity index (χ3n) is 2.32. The van der Waals surface area contributed by atoms with Crippen molar-refractivity contribution in [1.82, 2.24) is 0 Å². The first-order chi connectivity index (χ1) is 9.37. The summed E-state index contributed by atoms with van der Waals surface area (Å²) >= 11 is 1.21. The minimum Gasteiger partial charge on any atom is -0.456 e. The van der Waals surface area contributed by atoms with E-state index in [1.54, 1.807) is 12.1 Å². The molecule has 3 nitrogen and oxygen atoms in total. The largest absolute Gasteiger partial charge is 0.456 e. The van der Waals surface area contributed by atoms with Gasteiger partial charge in [0.25, 0.3) is 0 Å². The van der Waals surface area contributed by atoms with Crippen molar-refractivity contribution < 1.29 is 13.7 Å². The standard InChI is InChI=1S/C15H16O3S2/c1-15(2,3)18-14(16)12-9-10-13(19-12)20(17)11-7-5-4-6-8-11/h4-10H,1-3H3. The van der Waals surface area contributed by atoms with Crippen LogP contribution in [0, 0.1) is 0 Å². The smallest absolute Gasteiger partial charge is 0.348 e. The van der Waals surface area contributed by atoms with E-state index in [1.165, 1.54) is 11.3 Å². The van der Waals surface area contributed by atoms with Crippen molar-refractivity contribution in [2.75, 3.05) is 0 Å². The summed E-state index contributed by atoms with van der Waals surface area (Å²) < 4.78 is 18.3. The van der Waals surface area contributed by atoms with Gasteiger partial charge in [0.05, 0.1) is 15.0 Å². The predicted molar refractivity (Wildman–Crippen MR) is 80.6 cm³/mol. The molecule has 1 unspecified atom stereocenters. The monoisotopic (exact) mass is 308 g/mol. The van der Waals surface area contributed by atoms with Crippen LogP contribution < -0.4 is 0 Å². The average molecular weight is 308 g/mol. The molecule has 0 saturated carbocycles. The van der Waals surface area contributed by atoms with Gasteiger partial charge in [0.15, 0.2) is 0 Å². The molecule has 0 fully saturated rings. The molecule has 0 saturated heterocycles. The zero-order valence-corrected chi connectivity index (χ0v) is 13.2. The predicted octanol–water partition coefficient (Wildman–Crippen LogP) is 3.87. The number of carbonyl (C=O) groups is 1. The fourth-order valence-electron chi connectivity index (χ4n) is 1.52. The van der Waals surface area contributed by atoms with E-state index < -0.39 is 16.4 Å². The second kappa shape index (κ2) is 5.89. The van der Waals surface area contributed by atoms with Crippen molar-refractivity contribution in [3.05, 3.63) is 47.3 Å². The van der Waals surface area contributed by atoms with Crippen LogP contribution in [0.3, 0.4) is 0 Å². The molecular weight excluding hydrogens is 292 g/mol. The second-order valence-electron chi connectivity index (χ2n) is 5.20. The quantitative estimate of drug-likeness (QED) is 0.808. The van der Waals surface area contributed by atoms with Gasteiger partial charge >= 0.3 is 5.97 Å². The van der Waals surface area contributed by atoms with E-state index in [2.05, 4.69) is 0 Å². The Bertz CT molecular complexity index is 624. The lowest BCUT2D eigenvalue weighted by Gasteiger charge is -2.18. The number of hydrogen-bond donors (Lipinski definition) is 0. The molecule has 0 bridgehead atoms. The van der Waals surface area contributed by atoms with E-state index in [4.69, 9.17) is 4.74 Å². The van der Waals surface area contributed by atoms with Crippen LogP contribution >= 0.6 is 11.3 Å². The Hall–Kier alpha value is -1.46. The van der Waals surface area contributed by atoms with Crippen LogP contribution in [0.2, 0.25) is 0 Å². The summed E-state index contributed by atoms with van der Waals surface area (Å²) in [7, 11) is -1.25. The fraction of sp³-hybridized carbons (Fsp3) is 0.267. The maximum absolute atomic E-state index is 12.3. The lowest BCUT2D eigenvalue weighted by molar-refractivity contribution is 0.00752. The van der Waals surface area contributed by atoms with Crippen LogP contribution in [-0.2, 0) is 15.5 Å². The summed E-state index contributed by atoms with van der Waals surface area (Å²) in [5, 5.41) is 0. The Kier molecular flexibility index (Phi) is 4.40.